The van der Waals surface area contributed by atoms with E-state index in [9.17, 15) is 9.59 Å². The fourth-order valence-electron chi connectivity index (χ4n) is 3.41. The molecular formula is C16H24N4O3. The van der Waals surface area contributed by atoms with Gasteiger partial charge in [0.2, 0.25) is 0 Å². The standard InChI is InChI=1S/C16H24N4O3/c1-10(2)14-13(11(3)18-23-14)15(21)19-7-4-12(5-8-19)20-9-6-17-16(20)22/h10,12H,4-9H2,1-3H3,(H,17,22). The highest BCUT2D eigenvalue weighted by Gasteiger charge is 2.34. The third-order valence-electron chi connectivity index (χ3n) is 4.71. The fraction of sp³-hybridized carbons (Fsp3) is 0.688. The van der Waals surface area contributed by atoms with E-state index in [2.05, 4.69) is 10.5 Å². The van der Waals surface area contributed by atoms with Crippen LogP contribution in [0, 0.1) is 6.92 Å². The molecule has 1 N–H and O–H groups in total. The van der Waals surface area contributed by atoms with Crippen molar-refractivity contribution >= 4 is 11.9 Å². The Kier molecular flexibility index (Phi) is 4.28. The van der Waals surface area contributed by atoms with Crippen LogP contribution in [-0.2, 0) is 0 Å². The van der Waals surface area contributed by atoms with Gasteiger partial charge in [-0.15, -0.1) is 0 Å². The highest BCUT2D eigenvalue weighted by Crippen LogP contribution is 2.26. The summed E-state index contributed by atoms with van der Waals surface area (Å²) in [4.78, 5) is 28.3. The monoisotopic (exact) mass is 320 g/mol. The van der Waals surface area contributed by atoms with Crippen LogP contribution in [0.25, 0.3) is 0 Å². The third kappa shape index (κ3) is 2.92. The first-order valence-corrected chi connectivity index (χ1v) is 8.29. The molecule has 7 nitrogen and oxygen atoms in total. The van der Waals surface area contributed by atoms with Crippen LogP contribution >= 0.6 is 0 Å². The van der Waals surface area contributed by atoms with E-state index < -0.39 is 0 Å². The van der Waals surface area contributed by atoms with Crippen LogP contribution in [0.3, 0.4) is 0 Å². The van der Waals surface area contributed by atoms with Gasteiger partial charge < -0.3 is 19.6 Å². The van der Waals surface area contributed by atoms with Crippen LogP contribution in [0.5, 0.6) is 0 Å². The second kappa shape index (κ2) is 6.22. The van der Waals surface area contributed by atoms with Gasteiger partial charge >= 0.3 is 6.03 Å². The molecule has 3 amide bonds. The zero-order valence-corrected chi connectivity index (χ0v) is 14.0. The lowest BCUT2D eigenvalue weighted by atomic mass is 10.00. The number of piperidine rings is 1. The number of rotatable bonds is 3. The van der Waals surface area contributed by atoms with Crippen molar-refractivity contribution in [3.63, 3.8) is 0 Å². The number of hydrogen-bond donors (Lipinski definition) is 1. The van der Waals surface area contributed by atoms with E-state index >= 15 is 0 Å². The molecule has 7 heteroatoms. The van der Waals surface area contributed by atoms with E-state index in [4.69, 9.17) is 4.52 Å². The largest absolute Gasteiger partial charge is 0.360 e. The average Bonchev–Trinajstić information content (AvgIpc) is 3.12. The van der Waals surface area contributed by atoms with Gasteiger partial charge in [0.25, 0.3) is 5.91 Å². The van der Waals surface area contributed by atoms with Gasteiger partial charge in [-0.05, 0) is 19.8 Å². The normalized spacial score (nSPS) is 19.6. The van der Waals surface area contributed by atoms with Crippen LogP contribution < -0.4 is 5.32 Å². The molecule has 23 heavy (non-hydrogen) atoms. The quantitative estimate of drug-likeness (QED) is 0.920. The summed E-state index contributed by atoms with van der Waals surface area (Å²) in [7, 11) is 0. The summed E-state index contributed by atoms with van der Waals surface area (Å²) in [6, 6.07) is 0.251. The van der Waals surface area contributed by atoms with Gasteiger partial charge in [-0.3, -0.25) is 4.79 Å². The van der Waals surface area contributed by atoms with Crippen LogP contribution in [0.1, 0.15) is 54.4 Å². The minimum Gasteiger partial charge on any atom is -0.360 e. The molecule has 3 heterocycles. The Hall–Kier alpha value is -2.05. The number of likely N-dealkylation sites (tertiary alicyclic amines) is 1. The van der Waals surface area contributed by atoms with Gasteiger partial charge in [0.15, 0.2) is 5.76 Å². The molecule has 2 saturated heterocycles. The van der Waals surface area contributed by atoms with Crippen LogP contribution in [-0.4, -0.2) is 59.1 Å². The summed E-state index contributed by atoms with van der Waals surface area (Å²) in [6.45, 7) is 8.61. The Morgan fingerprint density at radius 3 is 2.57 bits per heavy atom. The summed E-state index contributed by atoms with van der Waals surface area (Å²) >= 11 is 0. The third-order valence-corrected chi connectivity index (χ3v) is 4.71. The van der Waals surface area contributed by atoms with Gasteiger partial charge in [0.1, 0.15) is 5.56 Å². The predicted molar refractivity (Wildman–Crippen MR) is 84.4 cm³/mol. The molecular weight excluding hydrogens is 296 g/mol. The first-order chi connectivity index (χ1) is 11.0. The minimum absolute atomic E-state index is 0.00299. The number of carbonyl (C=O) groups excluding carboxylic acids is 2. The molecule has 3 rings (SSSR count). The average molecular weight is 320 g/mol. The number of hydrogen-bond acceptors (Lipinski definition) is 4. The van der Waals surface area contributed by atoms with E-state index in [0.717, 1.165) is 25.9 Å². The Morgan fingerprint density at radius 2 is 2.00 bits per heavy atom. The van der Waals surface area contributed by atoms with E-state index in [1.165, 1.54) is 0 Å². The molecule has 0 bridgehead atoms. The van der Waals surface area contributed by atoms with Crippen LogP contribution in [0.4, 0.5) is 4.79 Å². The van der Waals surface area contributed by atoms with Crippen molar-refractivity contribution in [1.29, 1.82) is 0 Å². The summed E-state index contributed by atoms with van der Waals surface area (Å²) in [5, 5.41) is 6.79. The van der Waals surface area contributed by atoms with Gasteiger partial charge in [-0.2, -0.15) is 0 Å². The molecule has 0 atom stereocenters. The molecule has 2 aliphatic heterocycles. The zero-order valence-electron chi connectivity index (χ0n) is 14.0. The Bertz CT molecular complexity index is 602. The van der Waals surface area contributed by atoms with Gasteiger partial charge in [0.05, 0.1) is 5.69 Å². The summed E-state index contributed by atoms with van der Waals surface area (Å²) in [5.41, 5.74) is 1.26. The second-order valence-electron chi connectivity index (χ2n) is 6.61. The van der Waals surface area contributed by atoms with Gasteiger partial charge in [-0.25, -0.2) is 4.79 Å². The first kappa shape index (κ1) is 15.8. The number of nitrogens with zero attached hydrogens (tertiary/aromatic N) is 3. The van der Waals surface area contributed by atoms with Crippen molar-refractivity contribution in [1.82, 2.24) is 20.3 Å². The lowest BCUT2D eigenvalue weighted by Crippen LogP contribution is -2.47. The summed E-state index contributed by atoms with van der Waals surface area (Å²) in [5.74, 6) is 0.784. The van der Waals surface area contributed by atoms with E-state index in [1.54, 1.807) is 0 Å². The minimum atomic E-state index is -0.00299. The Labute approximate surface area is 136 Å². The lowest BCUT2D eigenvalue weighted by Gasteiger charge is -2.36. The molecule has 2 aliphatic rings. The summed E-state index contributed by atoms with van der Waals surface area (Å²) in [6.07, 6.45) is 1.64. The van der Waals surface area contributed by atoms with Crippen LogP contribution in [0.2, 0.25) is 0 Å². The highest BCUT2D eigenvalue weighted by atomic mass is 16.5. The molecule has 0 saturated carbocycles. The maximum absolute atomic E-state index is 12.8. The highest BCUT2D eigenvalue weighted by molar-refractivity contribution is 5.96. The predicted octanol–water partition coefficient (Wildman–Crippen LogP) is 1.74. The molecule has 0 spiro atoms. The van der Waals surface area contributed by atoms with Crippen molar-refractivity contribution < 1.29 is 14.1 Å². The number of aromatic nitrogens is 1. The first-order valence-electron chi connectivity index (χ1n) is 8.29. The SMILES string of the molecule is Cc1noc(C(C)C)c1C(=O)N1CCC(N2CCNC2=O)CC1. The maximum atomic E-state index is 12.8. The molecule has 1 aromatic heterocycles. The maximum Gasteiger partial charge on any atom is 0.317 e. The van der Waals surface area contributed by atoms with E-state index in [-0.39, 0.29) is 23.9 Å². The number of nitrogens with one attached hydrogen (secondary N) is 1. The lowest BCUT2D eigenvalue weighted by molar-refractivity contribution is 0.0662. The Balaban J connectivity index is 1.67. The molecule has 2 fully saturated rings. The molecule has 0 aliphatic carbocycles. The molecule has 0 aromatic carbocycles. The second-order valence-corrected chi connectivity index (χ2v) is 6.61. The number of amides is 3. The molecule has 1 aromatic rings. The van der Waals surface area contributed by atoms with Crippen molar-refractivity contribution in [2.75, 3.05) is 26.2 Å². The fourth-order valence-corrected chi connectivity index (χ4v) is 3.41. The topological polar surface area (TPSA) is 78.7 Å². The molecule has 0 radical (unpaired) electrons. The Morgan fingerprint density at radius 1 is 1.30 bits per heavy atom. The van der Waals surface area contributed by atoms with Crippen molar-refractivity contribution in [2.45, 2.75) is 45.6 Å². The smallest absolute Gasteiger partial charge is 0.317 e. The van der Waals surface area contributed by atoms with Gasteiger partial charge in [0, 0.05) is 38.1 Å². The molecule has 0 unspecified atom stereocenters. The van der Waals surface area contributed by atoms with Gasteiger partial charge in [-0.1, -0.05) is 19.0 Å². The van der Waals surface area contributed by atoms with Crippen molar-refractivity contribution in [2.24, 2.45) is 0 Å². The number of carbonyl (C=O) groups is 2. The zero-order chi connectivity index (χ0) is 16.6. The molecule has 126 valence electrons. The van der Waals surface area contributed by atoms with Crippen LogP contribution in [0.15, 0.2) is 4.52 Å². The number of aryl methyl sites for hydroxylation is 1. The number of urea groups is 1. The van der Waals surface area contributed by atoms with E-state index in [1.807, 2.05) is 30.6 Å². The summed E-state index contributed by atoms with van der Waals surface area (Å²) < 4.78 is 5.33. The van der Waals surface area contributed by atoms with Crippen molar-refractivity contribution in [3.05, 3.63) is 17.0 Å². The van der Waals surface area contributed by atoms with Crippen molar-refractivity contribution in [3.8, 4) is 0 Å². The van der Waals surface area contributed by atoms with E-state index in [0.29, 0.717) is 30.1 Å².